The van der Waals surface area contributed by atoms with Crippen LogP contribution in [0.5, 0.6) is 0 Å². The zero-order valence-electron chi connectivity index (χ0n) is 15.0. The second kappa shape index (κ2) is 7.03. The summed E-state index contributed by atoms with van der Waals surface area (Å²) in [6, 6.07) is 21.9. The minimum absolute atomic E-state index is 0.116. The number of carbonyl (C=O) groups excluding carboxylic acids is 2. The monoisotopic (exact) mass is 358 g/mol. The van der Waals surface area contributed by atoms with E-state index >= 15 is 0 Å². The lowest BCUT2D eigenvalue weighted by Gasteiger charge is -2.32. The number of hydrogen-bond acceptors (Lipinski definition) is 2. The number of amides is 2. The zero-order chi connectivity index (χ0) is 18.8. The number of carbonyl (C=O) groups is 2. The highest BCUT2D eigenvalue weighted by Crippen LogP contribution is 2.30. The molecule has 4 rings (SSSR count). The highest BCUT2D eigenvalue weighted by molar-refractivity contribution is 6.05. The van der Waals surface area contributed by atoms with Gasteiger partial charge in [0.2, 0.25) is 18.3 Å². The summed E-state index contributed by atoms with van der Waals surface area (Å²) in [5, 5.41) is 2.99. The van der Waals surface area contributed by atoms with Gasteiger partial charge < -0.3 is 5.32 Å². The fourth-order valence-corrected chi connectivity index (χ4v) is 3.43. The molecule has 0 bridgehead atoms. The number of para-hydroxylation sites is 2. The van der Waals surface area contributed by atoms with Crippen LogP contribution >= 0.6 is 0 Å². The van der Waals surface area contributed by atoms with E-state index in [-0.39, 0.29) is 18.4 Å². The molecule has 1 aliphatic heterocycles. The fourth-order valence-electron chi connectivity index (χ4n) is 3.43. The number of fused-ring (bicyclic) bond motifs is 1. The van der Waals surface area contributed by atoms with Gasteiger partial charge in [-0.05, 0) is 30.7 Å². The van der Waals surface area contributed by atoms with Gasteiger partial charge >= 0.3 is 0 Å². The van der Waals surface area contributed by atoms with Crippen LogP contribution in [0.1, 0.15) is 17.3 Å². The molecule has 0 saturated carbocycles. The molecule has 5 nitrogen and oxygen atoms in total. The number of pyridine rings is 1. The normalized spacial score (nSPS) is 16.0. The van der Waals surface area contributed by atoms with Crippen LogP contribution in [-0.4, -0.2) is 11.8 Å². The maximum Gasteiger partial charge on any atom is 0.294 e. The Labute approximate surface area is 157 Å². The van der Waals surface area contributed by atoms with Crippen LogP contribution in [0.4, 0.5) is 11.4 Å². The number of aryl methyl sites for hydroxylation is 1. The Morgan fingerprint density at radius 3 is 2.48 bits per heavy atom. The lowest BCUT2D eigenvalue weighted by Crippen LogP contribution is -2.58. The minimum Gasteiger partial charge on any atom is -0.324 e. The molecule has 1 atom stereocenters. The molecule has 2 amide bonds. The van der Waals surface area contributed by atoms with Crippen LogP contribution in [0.3, 0.4) is 0 Å². The molecule has 0 spiro atoms. The molecule has 3 aromatic rings. The van der Waals surface area contributed by atoms with Crippen LogP contribution in [0, 0.1) is 6.92 Å². The summed E-state index contributed by atoms with van der Waals surface area (Å²) in [5.74, 6) is -0.351. The van der Waals surface area contributed by atoms with E-state index in [1.54, 1.807) is 4.90 Å². The van der Waals surface area contributed by atoms with Crippen LogP contribution in [0.15, 0.2) is 79.0 Å². The van der Waals surface area contributed by atoms with Gasteiger partial charge in [-0.3, -0.25) is 14.5 Å². The van der Waals surface area contributed by atoms with Crippen molar-refractivity contribution in [2.75, 3.05) is 10.2 Å². The average Bonchev–Trinajstić information content (AvgIpc) is 2.69. The van der Waals surface area contributed by atoms with Gasteiger partial charge in [0.05, 0.1) is 0 Å². The molecule has 1 N–H and O–H groups in total. The summed E-state index contributed by atoms with van der Waals surface area (Å²) in [7, 11) is 0. The number of hydrogen-bond donors (Lipinski definition) is 1. The molecular weight excluding hydrogens is 338 g/mol. The fraction of sp³-hybridized carbons (Fsp3) is 0.136. The predicted octanol–water partition coefficient (Wildman–Crippen LogP) is 3.01. The number of nitrogens with zero attached hydrogens (tertiary/aromatic N) is 2. The van der Waals surface area contributed by atoms with Gasteiger partial charge in [-0.1, -0.05) is 42.5 Å². The minimum atomic E-state index is -0.741. The van der Waals surface area contributed by atoms with E-state index in [1.165, 1.54) is 0 Å². The Bertz CT molecular complexity index is 1000. The van der Waals surface area contributed by atoms with Crippen molar-refractivity contribution in [3.8, 4) is 0 Å². The molecule has 5 heteroatoms. The Morgan fingerprint density at radius 2 is 1.70 bits per heavy atom. The van der Waals surface area contributed by atoms with Crippen molar-refractivity contribution in [1.29, 1.82) is 0 Å². The van der Waals surface area contributed by atoms with Crippen LogP contribution in [0.2, 0.25) is 0 Å². The van der Waals surface area contributed by atoms with E-state index in [1.807, 2.05) is 90.5 Å². The summed E-state index contributed by atoms with van der Waals surface area (Å²) in [4.78, 5) is 27.8. The van der Waals surface area contributed by atoms with Crippen molar-refractivity contribution in [3.63, 3.8) is 0 Å². The first-order valence-corrected chi connectivity index (χ1v) is 8.87. The number of rotatable bonds is 3. The van der Waals surface area contributed by atoms with Gasteiger partial charge in [0, 0.05) is 23.5 Å². The maximum absolute atomic E-state index is 13.3. The summed E-state index contributed by atoms with van der Waals surface area (Å²) in [5.41, 5.74) is 3.21. The first-order valence-electron chi connectivity index (χ1n) is 8.87. The van der Waals surface area contributed by atoms with Gasteiger partial charge in [-0.2, -0.15) is 4.57 Å². The molecule has 134 valence electrons. The molecule has 27 heavy (non-hydrogen) atoms. The molecule has 0 unspecified atom stereocenters. The first kappa shape index (κ1) is 17.0. The van der Waals surface area contributed by atoms with Gasteiger partial charge in [0.15, 0.2) is 6.20 Å². The largest absolute Gasteiger partial charge is 0.324 e. The van der Waals surface area contributed by atoms with Crippen LogP contribution in [-0.2, 0) is 16.1 Å². The maximum atomic E-state index is 13.3. The quantitative estimate of drug-likeness (QED) is 0.732. The summed E-state index contributed by atoms with van der Waals surface area (Å²) in [6.07, 6.45) is 1.84. The van der Waals surface area contributed by atoms with Gasteiger partial charge in [0.1, 0.15) is 0 Å². The molecule has 1 aromatic heterocycles. The van der Waals surface area contributed by atoms with E-state index in [9.17, 15) is 9.59 Å². The third-order valence-corrected chi connectivity index (χ3v) is 4.77. The van der Waals surface area contributed by atoms with E-state index < -0.39 is 6.04 Å². The molecule has 0 saturated heterocycles. The van der Waals surface area contributed by atoms with E-state index in [0.29, 0.717) is 5.69 Å². The molecule has 2 heterocycles. The third-order valence-electron chi connectivity index (χ3n) is 4.77. The highest BCUT2D eigenvalue weighted by Gasteiger charge is 2.43. The molecule has 1 aliphatic rings. The average molecular weight is 358 g/mol. The number of nitrogens with one attached hydrogen (secondary N) is 1. The second-order valence-electron chi connectivity index (χ2n) is 6.56. The van der Waals surface area contributed by atoms with Crippen molar-refractivity contribution in [3.05, 3.63) is 90.3 Å². The third kappa shape index (κ3) is 3.19. The van der Waals surface area contributed by atoms with Crippen LogP contribution in [0.25, 0.3) is 0 Å². The molecule has 0 fully saturated rings. The highest BCUT2D eigenvalue weighted by atomic mass is 16.2. The van der Waals surface area contributed by atoms with E-state index in [4.69, 9.17) is 0 Å². The predicted molar refractivity (Wildman–Crippen MR) is 103 cm³/mol. The topological polar surface area (TPSA) is 53.3 Å². The lowest BCUT2D eigenvalue weighted by atomic mass is 10.0. The van der Waals surface area contributed by atoms with Crippen molar-refractivity contribution >= 4 is 23.2 Å². The van der Waals surface area contributed by atoms with Crippen molar-refractivity contribution in [2.24, 2.45) is 0 Å². The Hall–Kier alpha value is -3.47. The van der Waals surface area contributed by atoms with Crippen molar-refractivity contribution in [2.45, 2.75) is 19.5 Å². The molecule has 0 aliphatic carbocycles. The smallest absolute Gasteiger partial charge is 0.294 e. The molecule has 2 aromatic carbocycles. The Kier molecular flexibility index (Phi) is 4.42. The van der Waals surface area contributed by atoms with Crippen molar-refractivity contribution in [1.82, 2.24) is 0 Å². The van der Waals surface area contributed by atoms with Gasteiger partial charge in [-0.15, -0.1) is 0 Å². The summed E-state index contributed by atoms with van der Waals surface area (Å²) in [6.45, 7) is 2.15. The zero-order valence-corrected chi connectivity index (χ0v) is 15.0. The Morgan fingerprint density at radius 1 is 1.00 bits per heavy atom. The molecular formula is C22H20N3O2+. The standard InChI is InChI=1S/C22H19N3O2/c1-16-9-5-6-12-18(16)23-22(27)21-19-13-7-8-14-24(19)15-20(26)25(21)17-10-3-2-4-11-17/h2-14,21H,15H2,1H3/p+1/t21-/m1/s1. The first-order chi connectivity index (χ1) is 13.1. The van der Waals surface area contributed by atoms with E-state index in [2.05, 4.69) is 5.32 Å². The summed E-state index contributed by atoms with van der Waals surface area (Å²) >= 11 is 0. The number of aromatic nitrogens is 1. The van der Waals surface area contributed by atoms with Gasteiger partial charge in [0.25, 0.3) is 11.8 Å². The second-order valence-corrected chi connectivity index (χ2v) is 6.56. The summed E-state index contributed by atoms with van der Waals surface area (Å²) < 4.78 is 1.84. The molecule has 0 radical (unpaired) electrons. The SMILES string of the molecule is Cc1ccccc1NC(=O)[C@H]1c2cccc[n+]2CC(=O)N1c1ccccc1. The number of benzene rings is 2. The van der Waals surface area contributed by atoms with Crippen LogP contribution < -0.4 is 14.8 Å². The van der Waals surface area contributed by atoms with Gasteiger partial charge in [-0.25, -0.2) is 0 Å². The van der Waals surface area contributed by atoms with E-state index in [0.717, 1.165) is 16.9 Å². The lowest BCUT2D eigenvalue weighted by molar-refractivity contribution is -0.695. The van der Waals surface area contributed by atoms with Crippen molar-refractivity contribution < 1.29 is 14.2 Å². The Balaban J connectivity index is 1.78. The number of anilines is 2.